The molecule has 4 nitrogen and oxygen atoms in total. The minimum absolute atomic E-state index is 0.0818. The molecule has 23 heavy (non-hydrogen) atoms. The molecule has 1 fully saturated rings. The zero-order chi connectivity index (χ0) is 16.4. The summed E-state index contributed by atoms with van der Waals surface area (Å²) in [6, 6.07) is 13.1. The highest BCUT2D eigenvalue weighted by Crippen LogP contribution is 2.31. The van der Waals surface area contributed by atoms with Crippen LogP contribution in [0.5, 0.6) is 5.75 Å². The van der Waals surface area contributed by atoms with Crippen LogP contribution >= 0.6 is 0 Å². The second-order valence-corrected chi connectivity index (χ2v) is 5.48. The Hall–Kier alpha value is -2.69. The molecular formula is C18H16FNO3. The topological polar surface area (TPSA) is 46.6 Å². The van der Waals surface area contributed by atoms with Crippen molar-refractivity contribution in [1.29, 1.82) is 0 Å². The molecule has 0 aromatic heterocycles. The molecule has 0 spiro atoms. The highest BCUT2D eigenvalue weighted by atomic mass is 19.1. The molecule has 0 bridgehead atoms. The number of likely N-dealkylation sites (tertiary alicyclic amines) is 1. The molecule has 0 saturated carbocycles. The lowest BCUT2D eigenvalue weighted by Gasteiger charge is -2.15. The van der Waals surface area contributed by atoms with Crippen LogP contribution in [0.2, 0.25) is 0 Å². The van der Waals surface area contributed by atoms with Crippen LogP contribution in [-0.4, -0.2) is 23.8 Å². The number of carbonyl (C=O) groups excluding carboxylic acids is 2. The summed E-state index contributed by atoms with van der Waals surface area (Å²) < 4.78 is 18.4. The monoisotopic (exact) mass is 313 g/mol. The highest BCUT2D eigenvalue weighted by Gasteiger charge is 2.39. The van der Waals surface area contributed by atoms with E-state index < -0.39 is 11.7 Å². The minimum Gasteiger partial charge on any atom is -0.497 e. The van der Waals surface area contributed by atoms with Gasteiger partial charge >= 0.3 is 0 Å². The predicted molar refractivity (Wildman–Crippen MR) is 82.3 cm³/mol. The molecule has 1 aliphatic heterocycles. The van der Waals surface area contributed by atoms with Crippen molar-refractivity contribution in [2.24, 2.45) is 0 Å². The minimum atomic E-state index is -0.601. The molecule has 2 aromatic rings. The molecule has 3 rings (SSSR count). The number of imide groups is 1. The number of rotatable bonds is 4. The maximum atomic E-state index is 13.3. The first-order valence-corrected chi connectivity index (χ1v) is 7.31. The number of hydrogen-bond donors (Lipinski definition) is 0. The Kier molecular flexibility index (Phi) is 4.10. The standard InChI is InChI=1S/C18H16FNO3/c1-23-15-7-5-12(6-8-15)11-20-17(21)10-16(18(20)22)13-3-2-4-14(19)9-13/h2-9,16H,10-11H2,1H3/t16-/m0/s1. The number of nitrogens with zero attached hydrogens (tertiary/aromatic N) is 1. The van der Waals surface area contributed by atoms with E-state index in [1.807, 2.05) is 12.1 Å². The van der Waals surface area contributed by atoms with Gasteiger partial charge in [0.15, 0.2) is 0 Å². The Morgan fingerprint density at radius 3 is 2.57 bits per heavy atom. The molecule has 0 N–H and O–H groups in total. The van der Waals surface area contributed by atoms with E-state index in [2.05, 4.69) is 0 Å². The van der Waals surface area contributed by atoms with Crippen LogP contribution in [0.25, 0.3) is 0 Å². The summed E-state index contributed by atoms with van der Waals surface area (Å²) in [7, 11) is 1.58. The third kappa shape index (κ3) is 3.08. The number of ether oxygens (including phenoxy) is 1. The van der Waals surface area contributed by atoms with Crippen LogP contribution in [-0.2, 0) is 16.1 Å². The lowest BCUT2D eigenvalue weighted by molar-refractivity contribution is -0.139. The van der Waals surface area contributed by atoms with E-state index >= 15 is 0 Å². The van der Waals surface area contributed by atoms with E-state index in [1.54, 1.807) is 31.4 Å². The van der Waals surface area contributed by atoms with Crippen molar-refractivity contribution in [1.82, 2.24) is 4.90 Å². The average Bonchev–Trinajstić information content (AvgIpc) is 2.84. The van der Waals surface area contributed by atoms with Gasteiger partial charge in [-0.15, -0.1) is 0 Å². The first kappa shape index (κ1) is 15.2. The van der Waals surface area contributed by atoms with Crippen LogP contribution in [0.4, 0.5) is 4.39 Å². The Morgan fingerprint density at radius 2 is 1.91 bits per heavy atom. The molecule has 1 saturated heterocycles. The van der Waals surface area contributed by atoms with Crippen molar-refractivity contribution >= 4 is 11.8 Å². The summed E-state index contributed by atoms with van der Waals surface area (Å²) in [5.41, 5.74) is 1.38. The van der Waals surface area contributed by atoms with Gasteiger partial charge in [-0.3, -0.25) is 14.5 Å². The maximum absolute atomic E-state index is 13.3. The van der Waals surface area contributed by atoms with Gasteiger partial charge in [0.2, 0.25) is 11.8 Å². The van der Waals surface area contributed by atoms with Gasteiger partial charge in [-0.1, -0.05) is 24.3 Å². The Morgan fingerprint density at radius 1 is 1.17 bits per heavy atom. The van der Waals surface area contributed by atoms with Crippen molar-refractivity contribution in [2.45, 2.75) is 18.9 Å². The van der Waals surface area contributed by atoms with Crippen LogP contribution < -0.4 is 4.74 Å². The lowest BCUT2D eigenvalue weighted by Crippen LogP contribution is -2.29. The SMILES string of the molecule is COc1ccc(CN2C(=O)C[C@@H](c3cccc(F)c3)C2=O)cc1. The van der Waals surface area contributed by atoms with Gasteiger partial charge in [-0.2, -0.15) is 0 Å². The van der Waals surface area contributed by atoms with Crippen LogP contribution in [0, 0.1) is 5.82 Å². The number of amides is 2. The van der Waals surface area contributed by atoms with E-state index in [4.69, 9.17) is 4.74 Å². The van der Waals surface area contributed by atoms with Crippen molar-refractivity contribution in [3.05, 3.63) is 65.5 Å². The van der Waals surface area contributed by atoms with Crippen molar-refractivity contribution in [3.63, 3.8) is 0 Å². The van der Waals surface area contributed by atoms with Gasteiger partial charge in [0.25, 0.3) is 0 Å². The molecular weight excluding hydrogens is 297 g/mol. The van der Waals surface area contributed by atoms with Gasteiger partial charge < -0.3 is 4.74 Å². The molecule has 0 unspecified atom stereocenters. The molecule has 1 heterocycles. The van der Waals surface area contributed by atoms with Gasteiger partial charge in [-0.25, -0.2) is 4.39 Å². The normalized spacial score (nSPS) is 17.7. The summed E-state index contributed by atoms with van der Waals surface area (Å²) in [5, 5.41) is 0. The van der Waals surface area contributed by atoms with Crippen molar-refractivity contribution in [2.75, 3.05) is 7.11 Å². The number of methoxy groups -OCH3 is 1. The summed E-state index contributed by atoms with van der Waals surface area (Å²) in [6.07, 6.45) is 0.0818. The Balaban J connectivity index is 1.78. The van der Waals surface area contributed by atoms with Gasteiger partial charge in [0.05, 0.1) is 19.6 Å². The predicted octanol–water partition coefficient (Wildman–Crippen LogP) is 2.88. The molecule has 1 aliphatic rings. The fourth-order valence-electron chi connectivity index (χ4n) is 2.75. The molecule has 1 atom stereocenters. The van der Waals surface area contributed by atoms with Crippen molar-refractivity contribution in [3.8, 4) is 5.75 Å². The number of hydrogen-bond acceptors (Lipinski definition) is 3. The third-order valence-electron chi connectivity index (χ3n) is 3.99. The molecule has 2 amide bonds. The molecule has 5 heteroatoms. The molecule has 2 aromatic carbocycles. The van der Waals surface area contributed by atoms with Crippen molar-refractivity contribution < 1.29 is 18.7 Å². The lowest BCUT2D eigenvalue weighted by atomic mass is 9.97. The van der Waals surface area contributed by atoms with E-state index in [1.165, 1.54) is 17.0 Å². The Bertz CT molecular complexity index is 742. The zero-order valence-corrected chi connectivity index (χ0v) is 12.7. The van der Waals surface area contributed by atoms with Gasteiger partial charge in [0, 0.05) is 6.42 Å². The first-order valence-electron chi connectivity index (χ1n) is 7.31. The average molecular weight is 313 g/mol. The number of halogens is 1. The van der Waals surface area contributed by atoms with Gasteiger partial charge in [-0.05, 0) is 35.4 Å². The zero-order valence-electron chi connectivity index (χ0n) is 12.7. The molecule has 118 valence electrons. The molecule has 0 aliphatic carbocycles. The Labute approximate surface area is 133 Å². The van der Waals surface area contributed by atoms with Crippen LogP contribution in [0.1, 0.15) is 23.5 Å². The molecule has 0 radical (unpaired) electrons. The van der Waals surface area contributed by atoms with Gasteiger partial charge in [0.1, 0.15) is 11.6 Å². The number of benzene rings is 2. The van der Waals surface area contributed by atoms with Crippen LogP contribution in [0.15, 0.2) is 48.5 Å². The quantitative estimate of drug-likeness (QED) is 0.815. The summed E-state index contributed by atoms with van der Waals surface area (Å²) in [4.78, 5) is 25.9. The van der Waals surface area contributed by atoms with E-state index in [-0.39, 0.29) is 24.8 Å². The van der Waals surface area contributed by atoms with E-state index in [0.29, 0.717) is 11.3 Å². The fraction of sp³-hybridized carbons (Fsp3) is 0.222. The second-order valence-electron chi connectivity index (χ2n) is 5.48. The number of carbonyl (C=O) groups is 2. The third-order valence-corrected chi connectivity index (χ3v) is 3.99. The smallest absolute Gasteiger partial charge is 0.237 e. The summed E-state index contributed by atoms with van der Waals surface area (Å²) in [5.74, 6) is -0.810. The maximum Gasteiger partial charge on any atom is 0.237 e. The van der Waals surface area contributed by atoms with Crippen LogP contribution in [0.3, 0.4) is 0 Å². The summed E-state index contributed by atoms with van der Waals surface area (Å²) >= 11 is 0. The second kappa shape index (κ2) is 6.20. The highest BCUT2D eigenvalue weighted by molar-refractivity contribution is 6.06. The van der Waals surface area contributed by atoms with E-state index in [9.17, 15) is 14.0 Å². The largest absolute Gasteiger partial charge is 0.497 e. The first-order chi connectivity index (χ1) is 11.1. The summed E-state index contributed by atoms with van der Waals surface area (Å²) in [6.45, 7) is 0.216. The fourth-order valence-corrected chi connectivity index (χ4v) is 2.75. The van der Waals surface area contributed by atoms with E-state index in [0.717, 1.165) is 5.56 Å².